The third-order valence-corrected chi connectivity index (χ3v) is 3.33. The molecule has 4 heteroatoms. The lowest BCUT2D eigenvalue weighted by Crippen LogP contribution is -2.33. The van der Waals surface area contributed by atoms with E-state index in [4.69, 9.17) is 5.11 Å². The number of hydrogen-bond donors (Lipinski definition) is 2. The number of nitrogens with one attached hydrogen (secondary N) is 1. The van der Waals surface area contributed by atoms with Crippen LogP contribution in [0.25, 0.3) is 0 Å². The molecule has 0 fully saturated rings. The van der Waals surface area contributed by atoms with Gasteiger partial charge in [0.1, 0.15) is 0 Å². The average molecular weight is 248 g/mol. The minimum atomic E-state index is -0.0000709. The monoisotopic (exact) mass is 248 g/mol. The van der Waals surface area contributed by atoms with E-state index in [2.05, 4.69) is 5.32 Å². The molecule has 1 amide bonds. The number of nitrogens with zero attached hydrogens (tertiary/aromatic N) is 1. The van der Waals surface area contributed by atoms with Gasteiger partial charge in [0, 0.05) is 30.9 Å². The lowest BCUT2D eigenvalue weighted by molar-refractivity contribution is 0.0732. The molecular weight excluding hydrogens is 228 g/mol. The van der Waals surface area contributed by atoms with Crippen molar-refractivity contribution < 1.29 is 9.90 Å². The summed E-state index contributed by atoms with van der Waals surface area (Å²) in [6.07, 6.45) is 2.13. The van der Waals surface area contributed by atoms with Crippen LogP contribution < -0.4 is 5.32 Å². The van der Waals surface area contributed by atoms with Gasteiger partial charge in [-0.2, -0.15) is 0 Å². The Morgan fingerprint density at radius 3 is 3.06 bits per heavy atom. The second kappa shape index (κ2) is 5.87. The molecule has 0 aromatic heterocycles. The van der Waals surface area contributed by atoms with Gasteiger partial charge < -0.3 is 15.3 Å². The summed E-state index contributed by atoms with van der Waals surface area (Å²) < 4.78 is 0. The van der Waals surface area contributed by atoms with Gasteiger partial charge in [-0.1, -0.05) is 0 Å². The SMILES string of the molecule is CCN(CCO)C(=O)c1ccc2c(c1)CCCN2. The van der Waals surface area contributed by atoms with E-state index in [-0.39, 0.29) is 12.5 Å². The van der Waals surface area contributed by atoms with Crippen LogP contribution >= 0.6 is 0 Å². The number of fused-ring (bicyclic) bond motifs is 1. The molecule has 2 rings (SSSR count). The summed E-state index contributed by atoms with van der Waals surface area (Å²) in [6, 6.07) is 5.82. The lowest BCUT2D eigenvalue weighted by atomic mass is 10.0. The molecule has 0 bridgehead atoms. The second-order valence-corrected chi connectivity index (χ2v) is 4.51. The maximum atomic E-state index is 12.2. The first kappa shape index (κ1) is 12.9. The van der Waals surface area contributed by atoms with E-state index >= 15 is 0 Å². The van der Waals surface area contributed by atoms with Crippen LogP contribution in [0.1, 0.15) is 29.3 Å². The normalized spacial score (nSPS) is 13.7. The van der Waals surface area contributed by atoms with Gasteiger partial charge in [-0.15, -0.1) is 0 Å². The highest BCUT2D eigenvalue weighted by atomic mass is 16.3. The van der Waals surface area contributed by atoms with Crippen LogP contribution in [0.15, 0.2) is 18.2 Å². The molecule has 1 aliphatic heterocycles. The quantitative estimate of drug-likeness (QED) is 0.849. The Hall–Kier alpha value is -1.55. The Labute approximate surface area is 108 Å². The summed E-state index contributed by atoms with van der Waals surface area (Å²) in [6.45, 7) is 3.95. The Balaban J connectivity index is 2.19. The highest BCUT2D eigenvalue weighted by Gasteiger charge is 2.16. The molecule has 0 atom stereocenters. The summed E-state index contributed by atoms with van der Waals surface area (Å²) in [5.41, 5.74) is 3.07. The number of hydrogen-bond acceptors (Lipinski definition) is 3. The van der Waals surface area contributed by atoms with Crippen molar-refractivity contribution in [2.45, 2.75) is 19.8 Å². The maximum Gasteiger partial charge on any atom is 0.253 e. The number of carbonyl (C=O) groups is 1. The molecule has 0 aliphatic carbocycles. The Bertz CT molecular complexity index is 432. The fraction of sp³-hybridized carbons (Fsp3) is 0.500. The van der Waals surface area contributed by atoms with E-state index in [9.17, 15) is 4.79 Å². The van der Waals surface area contributed by atoms with Crippen molar-refractivity contribution in [2.75, 3.05) is 31.6 Å². The third-order valence-electron chi connectivity index (χ3n) is 3.33. The van der Waals surface area contributed by atoms with Gasteiger partial charge in [0.05, 0.1) is 6.61 Å². The van der Waals surface area contributed by atoms with Gasteiger partial charge in [-0.05, 0) is 43.5 Å². The van der Waals surface area contributed by atoms with Gasteiger partial charge in [0.25, 0.3) is 5.91 Å². The van der Waals surface area contributed by atoms with Crippen LogP contribution in [0.3, 0.4) is 0 Å². The third kappa shape index (κ3) is 2.64. The van der Waals surface area contributed by atoms with E-state index in [1.165, 1.54) is 5.56 Å². The van der Waals surface area contributed by atoms with Crippen molar-refractivity contribution in [3.05, 3.63) is 29.3 Å². The largest absolute Gasteiger partial charge is 0.395 e. The van der Waals surface area contributed by atoms with Crippen molar-refractivity contribution in [3.8, 4) is 0 Å². The zero-order chi connectivity index (χ0) is 13.0. The smallest absolute Gasteiger partial charge is 0.253 e. The van der Waals surface area contributed by atoms with Crippen molar-refractivity contribution in [2.24, 2.45) is 0 Å². The van der Waals surface area contributed by atoms with Gasteiger partial charge in [-0.3, -0.25) is 4.79 Å². The van der Waals surface area contributed by atoms with Gasteiger partial charge >= 0.3 is 0 Å². The molecule has 1 aliphatic rings. The molecule has 4 nitrogen and oxygen atoms in total. The number of rotatable bonds is 4. The predicted molar refractivity (Wildman–Crippen MR) is 71.9 cm³/mol. The summed E-state index contributed by atoms with van der Waals surface area (Å²) in [5.74, 6) is -0.0000709. The number of benzene rings is 1. The number of likely N-dealkylation sites (N-methyl/N-ethyl adjacent to an activating group) is 1. The summed E-state index contributed by atoms with van der Waals surface area (Å²) in [7, 11) is 0. The van der Waals surface area contributed by atoms with Crippen molar-refractivity contribution >= 4 is 11.6 Å². The number of aryl methyl sites for hydroxylation is 1. The summed E-state index contributed by atoms with van der Waals surface area (Å²) in [4.78, 5) is 13.9. The van der Waals surface area contributed by atoms with Crippen LogP contribution in [-0.2, 0) is 6.42 Å². The minimum Gasteiger partial charge on any atom is -0.395 e. The Morgan fingerprint density at radius 2 is 2.33 bits per heavy atom. The number of aliphatic hydroxyl groups is 1. The average Bonchev–Trinajstić information content (AvgIpc) is 2.43. The van der Waals surface area contributed by atoms with E-state index < -0.39 is 0 Å². The summed E-state index contributed by atoms with van der Waals surface area (Å²) in [5, 5.41) is 12.3. The highest BCUT2D eigenvalue weighted by molar-refractivity contribution is 5.95. The fourth-order valence-electron chi connectivity index (χ4n) is 2.31. The molecule has 18 heavy (non-hydrogen) atoms. The number of amides is 1. The van der Waals surface area contributed by atoms with E-state index in [0.29, 0.717) is 18.7 Å². The van der Waals surface area contributed by atoms with Crippen molar-refractivity contribution in [1.82, 2.24) is 4.90 Å². The number of aliphatic hydroxyl groups excluding tert-OH is 1. The molecule has 1 aromatic carbocycles. The molecule has 98 valence electrons. The minimum absolute atomic E-state index is 0.0000709. The number of carbonyl (C=O) groups excluding carboxylic acids is 1. The molecular formula is C14H20N2O2. The zero-order valence-corrected chi connectivity index (χ0v) is 10.8. The maximum absolute atomic E-state index is 12.2. The zero-order valence-electron chi connectivity index (χ0n) is 10.8. The fourth-order valence-corrected chi connectivity index (χ4v) is 2.31. The molecule has 1 heterocycles. The topological polar surface area (TPSA) is 52.6 Å². The Kier molecular flexibility index (Phi) is 4.20. The van der Waals surface area contributed by atoms with Gasteiger partial charge in [0.2, 0.25) is 0 Å². The van der Waals surface area contributed by atoms with E-state index in [1.807, 2.05) is 25.1 Å². The highest BCUT2D eigenvalue weighted by Crippen LogP contribution is 2.23. The standard InChI is InChI=1S/C14H20N2O2/c1-2-16(8-9-17)14(18)12-5-6-13-11(10-12)4-3-7-15-13/h5-6,10,15,17H,2-4,7-9H2,1H3. The summed E-state index contributed by atoms with van der Waals surface area (Å²) >= 11 is 0. The van der Waals surface area contributed by atoms with Crippen LogP contribution in [0.4, 0.5) is 5.69 Å². The second-order valence-electron chi connectivity index (χ2n) is 4.51. The van der Waals surface area contributed by atoms with Gasteiger partial charge in [0.15, 0.2) is 0 Å². The molecule has 0 saturated heterocycles. The first-order valence-electron chi connectivity index (χ1n) is 6.53. The Morgan fingerprint density at radius 1 is 1.50 bits per heavy atom. The molecule has 0 radical (unpaired) electrons. The molecule has 0 spiro atoms. The van der Waals surface area contributed by atoms with Crippen molar-refractivity contribution in [3.63, 3.8) is 0 Å². The van der Waals surface area contributed by atoms with Crippen LogP contribution in [0.5, 0.6) is 0 Å². The van der Waals surface area contributed by atoms with Crippen LogP contribution in [0, 0.1) is 0 Å². The molecule has 2 N–H and O–H groups in total. The predicted octanol–water partition coefficient (Wildman–Crippen LogP) is 1.50. The van der Waals surface area contributed by atoms with Gasteiger partial charge in [-0.25, -0.2) is 0 Å². The van der Waals surface area contributed by atoms with Crippen LogP contribution in [0.2, 0.25) is 0 Å². The first-order valence-corrected chi connectivity index (χ1v) is 6.53. The van der Waals surface area contributed by atoms with E-state index in [1.54, 1.807) is 4.90 Å². The van der Waals surface area contributed by atoms with Crippen molar-refractivity contribution in [1.29, 1.82) is 0 Å². The number of anilines is 1. The first-order chi connectivity index (χ1) is 8.76. The lowest BCUT2D eigenvalue weighted by Gasteiger charge is -2.22. The molecule has 0 unspecified atom stereocenters. The van der Waals surface area contributed by atoms with E-state index in [0.717, 1.165) is 25.1 Å². The molecule has 0 saturated carbocycles. The van der Waals surface area contributed by atoms with Crippen LogP contribution in [-0.4, -0.2) is 42.2 Å². The molecule has 1 aromatic rings.